The van der Waals surface area contributed by atoms with Crippen LogP contribution in [0.3, 0.4) is 0 Å². The van der Waals surface area contributed by atoms with E-state index in [4.69, 9.17) is 5.73 Å². The van der Waals surface area contributed by atoms with Crippen molar-refractivity contribution in [2.24, 2.45) is 35.3 Å². The first kappa shape index (κ1) is 8.90. The summed E-state index contributed by atoms with van der Waals surface area (Å²) in [5, 5.41) is 0. The third-order valence-electron chi connectivity index (χ3n) is 4.80. The van der Waals surface area contributed by atoms with Crippen molar-refractivity contribution in [3.05, 3.63) is 0 Å². The van der Waals surface area contributed by atoms with Gasteiger partial charge in [0.15, 0.2) is 0 Å². The van der Waals surface area contributed by atoms with Gasteiger partial charge in [-0.1, -0.05) is 0 Å². The molecular formula is C12H19NO. The zero-order valence-electron chi connectivity index (χ0n) is 8.61. The minimum absolute atomic E-state index is 0.271. The van der Waals surface area contributed by atoms with Gasteiger partial charge < -0.3 is 5.73 Å². The zero-order chi connectivity index (χ0) is 9.71. The van der Waals surface area contributed by atoms with E-state index in [0.29, 0.717) is 23.5 Å². The first-order chi connectivity index (χ1) is 6.78. The van der Waals surface area contributed by atoms with E-state index >= 15 is 0 Å². The minimum Gasteiger partial charge on any atom is -0.324 e. The van der Waals surface area contributed by atoms with E-state index in [0.717, 1.165) is 11.8 Å². The van der Waals surface area contributed by atoms with Gasteiger partial charge >= 0.3 is 0 Å². The van der Waals surface area contributed by atoms with Crippen LogP contribution in [0.2, 0.25) is 0 Å². The molecule has 0 saturated heterocycles. The van der Waals surface area contributed by atoms with Crippen molar-refractivity contribution in [1.29, 1.82) is 0 Å². The number of carbonyl (C=O) groups excluding carboxylic acids is 1. The van der Waals surface area contributed by atoms with E-state index in [-0.39, 0.29) is 6.54 Å². The predicted molar refractivity (Wildman–Crippen MR) is 54.6 cm³/mol. The second kappa shape index (κ2) is 3.06. The number of Topliss-reactive ketones (excluding diaryl/α,β-unsaturated/α-hetero) is 1. The van der Waals surface area contributed by atoms with Crippen LogP contribution in [0.4, 0.5) is 0 Å². The molecule has 0 spiro atoms. The Kier molecular flexibility index (Phi) is 1.94. The van der Waals surface area contributed by atoms with Crippen molar-refractivity contribution in [1.82, 2.24) is 0 Å². The molecule has 4 aliphatic carbocycles. The minimum atomic E-state index is 0.271. The summed E-state index contributed by atoms with van der Waals surface area (Å²) in [6, 6.07) is 0. The third-order valence-corrected chi connectivity index (χ3v) is 4.80. The molecule has 0 heterocycles. The van der Waals surface area contributed by atoms with Crippen LogP contribution in [-0.2, 0) is 4.79 Å². The fourth-order valence-corrected chi connectivity index (χ4v) is 4.59. The van der Waals surface area contributed by atoms with Crippen LogP contribution in [0.5, 0.6) is 0 Å². The Balaban J connectivity index is 1.84. The second-order valence-electron chi connectivity index (χ2n) is 5.63. The number of carbonyl (C=O) groups is 1. The Labute approximate surface area is 85.2 Å². The van der Waals surface area contributed by atoms with Gasteiger partial charge in [0.05, 0.1) is 6.54 Å². The Morgan fingerprint density at radius 2 is 1.50 bits per heavy atom. The van der Waals surface area contributed by atoms with Crippen molar-refractivity contribution in [3.63, 3.8) is 0 Å². The molecule has 0 radical (unpaired) electrons. The molecule has 4 fully saturated rings. The van der Waals surface area contributed by atoms with Gasteiger partial charge in [-0.15, -0.1) is 0 Å². The molecule has 0 atom stereocenters. The van der Waals surface area contributed by atoms with Crippen LogP contribution in [-0.4, -0.2) is 12.3 Å². The van der Waals surface area contributed by atoms with Gasteiger partial charge in [0, 0.05) is 5.92 Å². The third kappa shape index (κ3) is 1.16. The van der Waals surface area contributed by atoms with Crippen molar-refractivity contribution < 1.29 is 4.79 Å². The summed E-state index contributed by atoms with van der Waals surface area (Å²) >= 11 is 0. The lowest BCUT2D eigenvalue weighted by molar-refractivity contribution is -0.134. The fraction of sp³-hybridized carbons (Fsp3) is 0.917. The molecule has 0 aromatic carbocycles. The largest absolute Gasteiger partial charge is 0.324 e. The van der Waals surface area contributed by atoms with Crippen LogP contribution in [0, 0.1) is 29.6 Å². The van der Waals surface area contributed by atoms with Crippen LogP contribution in [0.1, 0.15) is 32.1 Å². The van der Waals surface area contributed by atoms with Crippen LogP contribution < -0.4 is 5.73 Å². The van der Waals surface area contributed by atoms with E-state index in [1.165, 1.54) is 32.1 Å². The number of rotatable bonds is 2. The highest BCUT2D eigenvalue weighted by Gasteiger charge is 2.50. The Hall–Kier alpha value is -0.370. The average Bonchev–Trinajstić information content (AvgIpc) is 2.15. The van der Waals surface area contributed by atoms with Gasteiger partial charge in [0.2, 0.25) is 0 Å². The van der Waals surface area contributed by atoms with Crippen LogP contribution >= 0.6 is 0 Å². The Bertz CT molecular complexity index is 233. The lowest BCUT2D eigenvalue weighted by Gasteiger charge is -2.53. The molecule has 4 rings (SSSR count). The van der Waals surface area contributed by atoms with Crippen LogP contribution in [0.25, 0.3) is 0 Å². The highest BCUT2D eigenvalue weighted by Crippen LogP contribution is 2.56. The highest BCUT2D eigenvalue weighted by molar-refractivity contribution is 5.83. The van der Waals surface area contributed by atoms with Crippen molar-refractivity contribution >= 4 is 5.78 Å². The summed E-state index contributed by atoms with van der Waals surface area (Å²) in [5.41, 5.74) is 5.50. The van der Waals surface area contributed by atoms with Crippen molar-refractivity contribution in [2.75, 3.05) is 6.54 Å². The predicted octanol–water partition coefficient (Wildman–Crippen LogP) is 1.59. The molecule has 2 nitrogen and oxygen atoms in total. The second-order valence-corrected chi connectivity index (χ2v) is 5.63. The first-order valence-electron chi connectivity index (χ1n) is 6.00. The molecule has 4 saturated carbocycles. The van der Waals surface area contributed by atoms with Crippen molar-refractivity contribution in [2.45, 2.75) is 32.1 Å². The highest BCUT2D eigenvalue weighted by atomic mass is 16.1. The van der Waals surface area contributed by atoms with Gasteiger partial charge in [-0.05, 0) is 55.8 Å². The molecule has 2 heteroatoms. The molecule has 2 N–H and O–H groups in total. The molecule has 0 aromatic rings. The fourth-order valence-electron chi connectivity index (χ4n) is 4.59. The van der Waals surface area contributed by atoms with Gasteiger partial charge in [0.25, 0.3) is 0 Å². The standard InChI is InChI=1S/C12H19NO/c13-6-11(14)12-9-2-7-1-8(4-9)5-10(12)3-7/h7-10,12H,1-6,13H2. The summed E-state index contributed by atoms with van der Waals surface area (Å²) in [4.78, 5) is 11.8. The summed E-state index contributed by atoms with van der Waals surface area (Å²) in [6.45, 7) is 0.271. The molecule has 0 aromatic heterocycles. The summed E-state index contributed by atoms with van der Waals surface area (Å²) in [7, 11) is 0. The van der Waals surface area contributed by atoms with Gasteiger partial charge in [-0.2, -0.15) is 0 Å². The summed E-state index contributed by atoms with van der Waals surface area (Å²) in [6.07, 6.45) is 6.75. The molecule has 4 bridgehead atoms. The summed E-state index contributed by atoms with van der Waals surface area (Å²) in [5.74, 6) is 4.04. The molecule has 14 heavy (non-hydrogen) atoms. The summed E-state index contributed by atoms with van der Waals surface area (Å²) < 4.78 is 0. The van der Waals surface area contributed by atoms with Crippen LogP contribution in [0.15, 0.2) is 0 Å². The first-order valence-corrected chi connectivity index (χ1v) is 6.00. The van der Waals surface area contributed by atoms with E-state index in [9.17, 15) is 4.79 Å². The number of hydrogen-bond acceptors (Lipinski definition) is 2. The monoisotopic (exact) mass is 193 g/mol. The lowest BCUT2D eigenvalue weighted by atomic mass is 9.51. The maximum absolute atomic E-state index is 11.8. The van der Waals surface area contributed by atoms with Gasteiger partial charge in [-0.25, -0.2) is 0 Å². The van der Waals surface area contributed by atoms with E-state index < -0.39 is 0 Å². The maximum atomic E-state index is 11.8. The SMILES string of the molecule is NCC(=O)C1C2CC3CC(C2)CC1C3. The van der Waals surface area contributed by atoms with E-state index in [1.807, 2.05) is 0 Å². The normalized spacial score (nSPS) is 49.6. The smallest absolute Gasteiger partial charge is 0.150 e. The topological polar surface area (TPSA) is 43.1 Å². The van der Waals surface area contributed by atoms with Gasteiger partial charge in [-0.3, -0.25) is 4.79 Å². The quantitative estimate of drug-likeness (QED) is 0.723. The number of hydrogen-bond donors (Lipinski definition) is 1. The number of nitrogens with two attached hydrogens (primary N) is 1. The average molecular weight is 193 g/mol. The Morgan fingerprint density at radius 3 is 1.93 bits per heavy atom. The lowest BCUT2D eigenvalue weighted by Crippen LogP contribution is -2.49. The molecule has 78 valence electrons. The number of ketones is 1. The maximum Gasteiger partial charge on any atom is 0.150 e. The van der Waals surface area contributed by atoms with E-state index in [1.54, 1.807) is 0 Å². The molecule has 4 aliphatic rings. The zero-order valence-corrected chi connectivity index (χ0v) is 8.61. The van der Waals surface area contributed by atoms with Crippen molar-refractivity contribution in [3.8, 4) is 0 Å². The van der Waals surface area contributed by atoms with Gasteiger partial charge in [0.1, 0.15) is 5.78 Å². The molecule has 0 aliphatic heterocycles. The molecule has 0 unspecified atom stereocenters. The van der Waals surface area contributed by atoms with E-state index in [2.05, 4.69) is 0 Å². The molecular weight excluding hydrogens is 174 g/mol. The molecule has 0 amide bonds. The Morgan fingerprint density at radius 1 is 1.00 bits per heavy atom.